The lowest BCUT2D eigenvalue weighted by atomic mass is 10.3. The predicted octanol–water partition coefficient (Wildman–Crippen LogP) is 1.14. The molecule has 3 aromatic rings. The largest absolute Gasteiger partial charge is 0.305 e. The van der Waals surface area contributed by atoms with Crippen LogP contribution in [0.3, 0.4) is 0 Å². The smallest absolute Gasteiger partial charge is 0.157 e. The Morgan fingerprint density at radius 3 is 3.14 bits per heavy atom. The molecular formula is C9H7N5. The number of H-pyrrole nitrogens is 1. The van der Waals surface area contributed by atoms with E-state index in [2.05, 4.69) is 20.2 Å². The number of rotatable bonds is 1. The van der Waals surface area contributed by atoms with Gasteiger partial charge in [0.1, 0.15) is 0 Å². The molecule has 1 N–H and O–H groups in total. The first kappa shape index (κ1) is 7.25. The molecule has 0 aliphatic carbocycles. The predicted molar refractivity (Wildman–Crippen MR) is 51.0 cm³/mol. The van der Waals surface area contributed by atoms with Gasteiger partial charge in [-0.25, -0.2) is 9.97 Å². The average Bonchev–Trinajstić information content (AvgIpc) is 2.88. The number of pyridine rings is 1. The summed E-state index contributed by atoms with van der Waals surface area (Å²) in [6, 6.07) is 1.93. The van der Waals surface area contributed by atoms with Gasteiger partial charge in [-0.3, -0.25) is 5.10 Å². The lowest BCUT2D eigenvalue weighted by Crippen LogP contribution is -1.91. The fraction of sp³-hybridized carbons (Fsp3) is 0. The van der Waals surface area contributed by atoms with Crippen LogP contribution in [0.1, 0.15) is 0 Å². The van der Waals surface area contributed by atoms with Crippen molar-refractivity contribution >= 4 is 11.0 Å². The fourth-order valence-corrected chi connectivity index (χ4v) is 1.46. The van der Waals surface area contributed by atoms with E-state index >= 15 is 0 Å². The Bertz CT molecular complexity index is 551. The molecule has 0 unspecified atom stereocenters. The summed E-state index contributed by atoms with van der Waals surface area (Å²) in [5.41, 5.74) is 1.82. The summed E-state index contributed by atoms with van der Waals surface area (Å²) >= 11 is 0. The van der Waals surface area contributed by atoms with Crippen LogP contribution in [0.2, 0.25) is 0 Å². The Hall–Kier alpha value is -2.17. The van der Waals surface area contributed by atoms with Crippen LogP contribution in [0.5, 0.6) is 0 Å². The quantitative estimate of drug-likeness (QED) is 0.618. The Labute approximate surface area is 79.4 Å². The lowest BCUT2D eigenvalue weighted by Gasteiger charge is -2.01. The van der Waals surface area contributed by atoms with E-state index < -0.39 is 0 Å². The minimum Gasteiger partial charge on any atom is -0.305 e. The van der Waals surface area contributed by atoms with Crippen LogP contribution in [-0.2, 0) is 0 Å². The second-order valence-corrected chi connectivity index (χ2v) is 2.93. The Balaban J connectivity index is 2.36. The average molecular weight is 185 g/mol. The van der Waals surface area contributed by atoms with Crippen molar-refractivity contribution in [3.63, 3.8) is 0 Å². The van der Waals surface area contributed by atoms with E-state index in [0.29, 0.717) is 0 Å². The van der Waals surface area contributed by atoms with Crippen molar-refractivity contribution in [3.05, 3.63) is 37.2 Å². The number of imidazole rings is 1. The van der Waals surface area contributed by atoms with Crippen LogP contribution >= 0.6 is 0 Å². The molecular weight excluding hydrogens is 178 g/mol. The molecule has 5 nitrogen and oxygen atoms in total. The maximum absolute atomic E-state index is 4.16. The van der Waals surface area contributed by atoms with Gasteiger partial charge in [0, 0.05) is 18.6 Å². The van der Waals surface area contributed by atoms with Crippen molar-refractivity contribution < 1.29 is 0 Å². The Morgan fingerprint density at radius 1 is 1.29 bits per heavy atom. The molecule has 0 saturated carbocycles. The molecule has 0 fully saturated rings. The maximum Gasteiger partial charge on any atom is 0.157 e. The van der Waals surface area contributed by atoms with Crippen molar-refractivity contribution in [1.29, 1.82) is 0 Å². The first-order chi connectivity index (χ1) is 6.95. The van der Waals surface area contributed by atoms with Gasteiger partial charge < -0.3 is 4.57 Å². The van der Waals surface area contributed by atoms with E-state index in [-0.39, 0.29) is 0 Å². The van der Waals surface area contributed by atoms with E-state index in [1.807, 2.05) is 16.8 Å². The van der Waals surface area contributed by atoms with Gasteiger partial charge in [-0.2, -0.15) is 5.10 Å². The number of nitrogens with one attached hydrogen (secondary N) is 1. The normalized spacial score (nSPS) is 10.9. The molecule has 0 atom stereocenters. The Kier molecular flexibility index (Phi) is 1.38. The van der Waals surface area contributed by atoms with Gasteiger partial charge in [0.15, 0.2) is 5.65 Å². The summed E-state index contributed by atoms with van der Waals surface area (Å²) in [6.07, 6.45) is 8.89. The second kappa shape index (κ2) is 2.66. The summed E-state index contributed by atoms with van der Waals surface area (Å²) in [6.45, 7) is 0. The molecule has 68 valence electrons. The van der Waals surface area contributed by atoms with Gasteiger partial charge in [-0.15, -0.1) is 0 Å². The molecule has 14 heavy (non-hydrogen) atoms. The van der Waals surface area contributed by atoms with Gasteiger partial charge in [-0.05, 0) is 6.07 Å². The van der Waals surface area contributed by atoms with Crippen LogP contribution in [0, 0.1) is 0 Å². The van der Waals surface area contributed by atoms with Gasteiger partial charge in [0.25, 0.3) is 0 Å². The highest BCUT2D eigenvalue weighted by atomic mass is 15.1. The summed E-state index contributed by atoms with van der Waals surface area (Å²) < 4.78 is 1.93. The van der Waals surface area contributed by atoms with Gasteiger partial charge in [-0.1, -0.05) is 0 Å². The van der Waals surface area contributed by atoms with Crippen LogP contribution in [-0.4, -0.2) is 24.7 Å². The number of hydrogen-bond donors (Lipinski definition) is 1. The van der Waals surface area contributed by atoms with Crippen molar-refractivity contribution in [2.45, 2.75) is 0 Å². The minimum absolute atomic E-state index is 0.788. The van der Waals surface area contributed by atoms with E-state index in [1.165, 1.54) is 0 Å². The van der Waals surface area contributed by atoms with Crippen molar-refractivity contribution in [3.8, 4) is 5.69 Å². The molecule has 0 bridgehead atoms. The second-order valence-electron chi connectivity index (χ2n) is 2.93. The first-order valence-electron chi connectivity index (χ1n) is 4.21. The van der Waals surface area contributed by atoms with Crippen LogP contribution in [0.4, 0.5) is 0 Å². The zero-order valence-corrected chi connectivity index (χ0v) is 7.25. The zero-order valence-electron chi connectivity index (χ0n) is 7.25. The number of aromatic nitrogens is 5. The van der Waals surface area contributed by atoms with Gasteiger partial charge >= 0.3 is 0 Å². The molecule has 0 spiro atoms. The molecule has 0 aliphatic rings. The SMILES string of the molecule is c1cn(-c2ccnc3[nH]ncc23)cn1. The fourth-order valence-electron chi connectivity index (χ4n) is 1.46. The molecule has 0 aromatic carbocycles. The van der Waals surface area contributed by atoms with E-state index in [1.54, 1.807) is 24.9 Å². The number of nitrogens with zero attached hydrogens (tertiary/aromatic N) is 4. The molecule has 5 heteroatoms. The molecule has 0 radical (unpaired) electrons. The summed E-state index contributed by atoms with van der Waals surface area (Å²) in [4.78, 5) is 8.16. The highest BCUT2D eigenvalue weighted by molar-refractivity contribution is 5.83. The number of fused-ring (bicyclic) bond motifs is 1. The minimum atomic E-state index is 0.788. The van der Waals surface area contributed by atoms with Gasteiger partial charge in [0.2, 0.25) is 0 Å². The highest BCUT2D eigenvalue weighted by Gasteiger charge is 2.03. The van der Waals surface area contributed by atoms with E-state index in [0.717, 1.165) is 16.7 Å². The lowest BCUT2D eigenvalue weighted by molar-refractivity contribution is 1.06. The van der Waals surface area contributed by atoms with Crippen molar-refractivity contribution in [2.24, 2.45) is 0 Å². The molecule has 3 aromatic heterocycles. The number of aromatic amines is 1. The third-order valence-corrected chi connectivity index (χ3v) is 2.11. The third-order valence-electron chi connectivity index (χ3n) is 2.11. The maximum atomic E-state index is 4.16. The third kappa shape index (κ3) is 0.922. The molecule has 0 amide bonds. The van der Waals surface area contributed by atoms with Crippen LogP contribution in [0.25, 0.3) is 16.7 Å². The zero-order chi connectivity index (χ0) is 9.38. The first-order valence-corrected chi connectivity index (χ1v) is 4.21. The van der Waals surface area contributed by atoms with Gasteiger partial charge in [0.05, 0.1) is 23.6 Å². The van der Waals surface area contributed by atoms with E-state index in [4.69, 9.17) is 0 Å². The molecule has 3 heterocycles. The summed E-state index contributed by atoms with van der Waals surface area (Å²) in [7, 11) is 0. The van der Waals surface area contributed by atoms with Crippen molar-refractivity contribution in [1.82, 2.24) is 24.7 Å². The summed E-state index contributed by atoms with van der Waals surface area (Å²) in [5, 5.41) is 7.77. The topological polar surface area (TPSA) is 59.4 Å². The molecule has 0 aliphatic heterocycles. The molecule has 3 rings (SSSR count). The standard InChI is InChI=1S/C9H7N5/c1-2-11-9-7(5-12-13-9)8(1)14-4-3-10-6-14/h1-6H,(H,11,12,13). The Morgan fingerprint density at radius 2 is 2.29 bits per heavy atom. The van der Waals surface area contributed by atoms with Crippen molar-refractivity contribution in [2.75, 3.05) is 0 Å². The van der Waals surface area contributed by atoms with Crippen LogP contribution < -0.4 is 0 Å². The highest BCUT2D eigenvalue weighted by Crippen LogP contribution is 2.17. The monoisotopic (exact) mass is 185 g/mol. The van der Waals surface area contributed by atoms with Crippen LogP contribution in [0.15, 0.2) is 37.2 Å². The number of hydrogen-bond acceptors (Lipinski definition) is 3. The summed E-state index contributed by atoms with van der Waals surface area (Å²) in [5.74, 6) is 0. The molecule has 0 saturated heterocycles. The van der Waals surface area contributed by atoms with E-state index in [9.17, 15) is 0 Å².